The Labute approximate surface area is 139 Å². The van der Waals surface area contributed by atoms with Gasteiger partial charge in [-0.25, -0.2) is 4.68 Å². The first kappa shape index (κ1) is 17.0. The van der Waals surface area contributed by atoms with E-state index in [4.69, 9.17) is 10.3 Å². The average Bonchev–Trinajstić information content (AvgIpc) is 2.87. The van der Waals surface area contributed by atoms with Crippen LogP contribution < -0.4 is 0 Å². The van der Waals surface area contributed by atoms with Gasteiger partial charge in [0.2, 0.25) is 0 Å². The van der Waals surface area contributed by atoms with E-state index in [9.17, 15) is 0 Å². The molecule has 1 heterocycles. The quantitative estimate of drug-likeness (QED) is 0.224. The minimum Gasteiger partial charge on any atom is -0.360 e. The first-order valence-electron chi connectivity index (χ1n) is 7.14. The smallest absolute Gasteiger partial charge is 0.140 e. The van der Waals surface area contributed by atoms with Crippen molar-refractivity contribution < 1.29 is 4.74 Å². The number of aromatic nitrogens is 2. The number of hydrogen-bond donors (Lipinski definition) is 0. The summed E-state index contributed by atoms with van der Waals surface area (Å²) in [5, 5.41) is 9.06. The molecule has 0 aliphatic carbocycles. The molecule has 1 aromatic carbocycles. The van der Waals surface area contributed by atoms with E-state index in [-0.39, 0.29) is 0 Å². The zero-order valence-corrected chi connectivity index (χ0v) is 15.7. The fourth-order valence-electron chi connectivity index (χ4n) is 2.10. The van der Waals surface area contributed by atoms with E-state index in [0.717, 1.165) is 33.6 Å². The third kappa shape index (κ3) is 4.33. The summed E-state index contributed by atoms with van der Waals surface area (Å²) >= 11 is 3.53. The van der Waals surface area contributed by atoms with Crippen molar-refractivity contribution in [1.29, 1.82) is 0 Å². The lowest BCUT2D eigenvalue weighted by atomic mass is 10.1. The number of azide groups is 1. The number of ether oxygens (including phenoxy) is 1. The molecule has 0 N–H and O–H groups in total. The number of nitrogens with zero attached hydrogens (tertiary/aromatic N) is 5. The van der Waals surface area contributed by atoms with Crippen LogP contribution in [0.4, 0.5) is 0 Å². The van der Waals surface area contributed by atoms with Crippen molar-refractivity contribution in [3.8, 4) is 0 Å². The van der Waals surface area contributed by atoms with Crippen LogP contribution in [0.1, 0.15) is 5.56 Å². The van der Waals surface area contributed by atoms with Gasteiger partial charge in [0, 0.05) is 29.5 Å². The molecule has 6 nitrogen and oxygen atoms in total. The van der Waals surface area contributed by atoms with Crippen LogP contribution in [0.2, 0.25) is 25.7 Å². The predicted molar refractivity (Wildman–Crippen MR) is 94.4 cm³/mol. The van der Waals surface area contributed by atoms with Gasteiger partial charge in [-0.05, 0) is 23.2 Å². The maximum atomic E-state index is 8.53. The van der Waals surface area contributed by atoms with E-state index in [2.05, 4.69) is 50.7 Å². The molecule has 0 atom stereocenters. The molecule has 0 radical (unpaired) electrons. The molecule has 0 aliphatic rings. The first-order valence-corrected chi connectivity index (χ1v) is 11.6. The van der Waals surface area contributed by atoms with E-state index in [1.54, 1.807) is 6.20 Å². The summed E-state index contributed by atoms with van der Waals surface area (Å²) in [4.78, 5) is 2.83. The molecule has 0 saturated carbocycles. The molecule has 2 aromatic rings. The number of hydrogen-bond acceptors (Lipinski definition) is 3. The molecule has 0 spiro atoms. The molecule has 0 saturated heterocycles. The molecular weight excluding hydrogens is 362 g/mol. The summed E-state index contributed by atoms with van der Waals surface area (Å²) in [7, 11) is -1.09. The maximum Gasteiger partial charge on any atom is 0.140 e. The first-order chi connectivity index (χ1) is 10.4. The van der Waals surface area contributed by atoms with Gasteiger partial charge in [0.05, 0.1) is 18.3 Å². The van der Waals surface area contributed by atoms with Gasteiger partial charge in [-0.15, -0.1) is 0 Å². The van der Waals surface area contributed by atoms with Crippen molar-refractivity contribution in [2.24, 2.45) is 5.11 Å². The Bertz CT molecular complexity index is 703. The summed E-state index contributed by atoms with van der Waals surface area (Å²) < 4.78 is 8.58. The molecule has 0 unspecified atom stereocenters. The second-order valence-electron chi connectivity index (χ2n) is 6.35. The number of halogens is 1. The SMILES string of the molecule is C[Si](C)(C)CCOCn1ncc2c(Br)ccc(CN=[N+]=[N-])c21. The Hall–Kier alpha value is -1.34. The number of benzene rings is 1. The lowest BCUT2D eigenvalue weighted by Gasteiger charge is -2.15. The van der Waals surface area contributed by atoms with E-state index in [1.807, 2.05) is 16.8 Å². The summed E-state index contributed by atoms with van der Waals surface area (Å²) in [6.07, 6.45) is 1.81. The second-order valence-corrected chi connectivity index (χ2v) is 12.8. The fourth-order valence-corrected chi connectivity index (χ4v) is 3.28. The van der Waals surface area contributed by atoms with Crippen LogP contribution >= 0.6 is 15.9 Å². The van der Waals surface area contributed by atoms with Gasteiger partial charge in [0.15, 0.2) is 0 Å². The predicted octanol–water partition coefficient (Wildman–Crippen LogP) is 4.92. The molecule has 1 aromatic heterocycles. The van der Waals surface area contributed by atoms with Gasteiger partial charge in [0.1, 0.15) is 6.73 Å². The van der Waals surface area contributed by atoms with Gasteiger partial charge >= 0.3 is 0 Å². The molecule has 0 aliphatic heterocycles. The van der Waals surface area contributed by atoms with E-state index in [1.165, 1.54) is 0 Å². The Morgan fingerprint density at radius 1 is 1.41 bits per heavy atom. The Morgan fingerprint density at radius 3 is 2.86 bits per heavy atom. The molecule has 118 valence electrons. The van der Waals surface area contributed by atoms with Crippen LogP contribution in [-0.4, -0.2) is 24.5 Å². The maximum absolute atomic E-state index is 8.53. The Kier molecular flexibility index (Phi) is 5.63. The van der Waals surface area contributed by atoms with Crippen LogP contribution in [0.15, 0.2) is 27.9 Å². The zero-order chi connectivity index (χ0) is 16.2. The highest BCUT2D eigenvalue weighted by atomic mass is 79.9. The van der Waals surface area contributed by atoms with E-state index < -0.39 is 8.07 Å². The molecule has 22 heavy (non-hydrogen) atoms. The normalized spacial score (nSPS) is 11.6. The van der Waals surface area contributed by atoms with Crippen molar-refractivity contribution in [3.63, 3.8) is 0 Å². The minimum atomic E-state index is -1.09. The highest BCUT2D eigenvalue weighted by molar-refractivity contribution is 9.10. The lowest BCUT2D eigenvalue weighted by Crippen LogP contribution is -2.22. The highest BCUT2D eigenvalue weighted by Crippen LogP contribution is 2.27. The van der Waals surface area contributed by atoms with Crippen molar-refractivity contribution in [1.82, 2.24) is 9.78 Å². The number of rotatable bonds is 7. The summed E-state index contributed by atoms with van der Waals surface area (Å²) in [5.41, 5.74) is 10.4. The minimum absolute atomic E-state index is 0.306. The van der Waals surface area contributed by atoms with Gasteiger partial charge < -0.3 is 4.74 Å². The molecule has 8 heteroatoms. The Morgan fingerprint density at radius 2 is 2.18 bits per heavy atom. The van der Waals surface area contributed by atoms with Crippen molar-refractivity contribution in [2.75, 3.05) is 6.61 Å². The van der Waals surface area contributed by atoms with Crippen molar-refractivity contribution >= 4 is 34.9 Å². The largest absolute Gasteiger partial charge is 0.360 e. The van der Waals surface area contributed by atoms with Crippen LogP contribution in [-0.2, 0) is 18.0 Å². The summed E-state index contributed by atoms with van der Waals surface area (Å²) in [5.74, 6) is 0. The molecule has 0 bridgehead atoms. The topological polar surface area (TPSA) is 75.8 Å². The average molecular weight is 382 g/mol. The molecular formula is C14H20BrN5OSi. The zero-order valence-electron chi connectivity index (χ0n) is 13.1. The molecule has 0 amide bonds. The Balaban J connectivity index is 2.19. The van der Waals surface area contributed by atoms with E-state index in [0.29, 0.717) is 13.3 Å². The van der Waals surface area contributed by atoms with Crippen LogP contribution in [0.25, 0.3) is 21.3 Å². The second kappa shape index (κ2) is 7.28. The van der Waals surface area contributed by atoms with E-state index >= 15 is 0 Å². The van der Waals surface area contributed by atoms with Gasteiger partial charge in [-0.2, -0.15) is 5.10 Å². The van der Waals surface area contributed by atoms with Gasteiger partial charge in [0.25, 0.3) is 0 Å². The monoisotopic (exact) mass is 381 g/mol. The van der Waals surface area contributed by atoms with Crippen molar-refractivity contribution in [2.45, 2.75) is 39.0 Å². The summed E-state index contributed by atoms with van der Waals surface area (Å²) in [6.45, 7) is 8.45. The fraction of sp³-hybridized carbons (Fsp3) is 0.500. The molecule has 0 fully saturated rings. The molecule has 2 rings (SSSR count). The number of fused-ring (bicyclic) bond motifs is 1. The van der Waals surface area contributed by atoms with Crippen LogP contribution in [0, 0.1) is 0 Å². The lowest BCUT2D eigenvalue weighted by molar-refractivity contribution is 0.0816. The van der Waals surface area contributed by atoms with Crippen LogP contribution in [0.3, 0.4) is 0 Å². The summed E-state index contributed by atoms with van der Waals surface area (Å²) in [6, 6.07) is 5.02. The highest BCUT2D eigenvalue weighted by Gasteiger charge is 2.13. The van der Waals surface area contributed by atoms with Gasteiger partial charge in [-0.3, -0.25) is 0 Å². The third-order valence-electron chi connectivity index (χ3n) is 3.35. The van der Waals surface area contributed by atoms with Gasteiger partial charge in [-0.1, -0.05) is 46.8 Å². The third-order valence-corrected chi connectivity index (χ3v) is 5.74. The van der Waals surface area contributed by atoms with Crippen LogP contribution in [0.5, 0.6) is 0 Å². The standard InChI is InChI=1S/C14H20BrN5OSi/c1-22(2,3)7-6-21-10-20-14-11(8-17-19-16)4-5-13(15)12(14)9-18-20/h4-5,9H,6-8,10H2,1-3H3. The van der Waals surface area contributed by atoms with Crippen molar-refractivity contribution in [3.05, 3.63) is 38.8 Å².